The van der Waals surface area contributed by atoms with Crippen LogP contribution in [-0.2, 0) is 4.79 Å². The molecule has 2 aliphatic heterocycles. The van der Waals surface area contributed by atoms with Gasteiger partial charge in [0.1, 0.15) is 17.6 Å². The molecule has 1 aromatic carbocycles. The summed E-state index contributed by atoms with van der Waals surface area (Å²) in [6.07, 6.45) is 5.31. The van der Waals surface area contributed by atoms with E-state index in [1.165, 1.54) is 12.1 Å². The van der Waals surface area contributed by atoms with Gasteiger partial charge < -0.3 is 9.42 Å². The maximum atomic E-state index is 13.1. The number of hydrazine groups is 1. The number of nitrogens with zero attached hydrogens (tertiary/aromatic N) is 5. The molecule has 148 valence electrons. The first-order chi connectivity index (χ1) is 14.2. The molecule has 2 unspecified atom stereocenters. The number of carbonyl (C=O) groups is 1. The highest BCUT2D eigenvalue weighted by Gasteiger charge is 2.40. The Morgan fingerprint density at radius 2 is 2.00 bits per heavy atom. The third kappa shape index (κ3) is 3.47. The first-order valence-electron chi connectivity index (χ1n) is 9.32. The zero-order valence-electron chi connectivity index (χ0n) is 15.3. The Morgan fingerprint density at radius 3 is 2.76 bits per heavy atom. The Morgan fingerprint density at radius 1 is 1.17 bits per heavy atom. The number of nitrogens with one attached hydrogen (secondary N) is 2. The topological polar surface area (TPSA) is 109 Å². The molecule has 29 heavy (non-hydrogen) atoms. The summed E-state index contributed by atoms with van der Waals surface area (Å²) in [6, 6.07) is 5.94. The van der Waals surface area contributed by atoms with E-state index in [9.17, 15) is 9.18 Å². The average Bonchev–Trinajstić information content (AvgIpc) is 3.38. The zero-order chi connectivity index (χ0) is 19.8. The second kappa shape index (κ2) is 7.30. The van der Waals surface area contributed by atoms with E-state index in [0.717, 1.165) is 5.56 Å². The number of likely N-dealkylation sites (tertiary alicyclic amines) is 1. The lowest BCUT2D eigenvalue weighted by molar-refractivity contribution is -0.138. The normalized spacial score (nSPS) is 21.9. The molecule has 2 fully saturated rings. The number of carbonyl (C=O) groups excluding carboxylic acids is 1. The summed E-state index contributed by atoms with van der Waals surface area (Å²) < 4.78 is 18.4. The molecule has 0 bridgehead atoms. The predicted molar refractivity (Wildman–Crippen MR) is 98.5 cm³/mol. The molecule has 0 saturated carbocycles. The highest BCUT2D eigenvalue weighted by atomic mass is 19.1. The van der Waals surface area contributed by atoms with Crippen LogP contribution in [0.25, 0.3) is 11.5 Å². The first kappa shape index (κ1) is 17.8. The fraction of sp³-hybridized carbons (Fsp3) is 0.316. The van der Waals surface area contributed by atoms with Crippen LogP contribution in [0.1, 0.15) is 29.8 Å². The number of halogens is 1. The van der Waals surface area contributed by atoms with Gasteiger partial charge in [-0.2, -0.15) is 4.98 Å². The molecule has 0 aliphatic carbocycles. The van der Waals surface area contributed by atoms with Crippen LogP contribution in [0.2, 0.25) is 0 Å². The van der Waals surface area contributed by atoms with Crippen molar-refractivity contribution in [2.45, 2.75) is 24.4 Å². The first-order valence-corrected chi connectivity index (χ1v) is 9.32. The SMILES string of the molecule is O=C(C1CC(c2ccc(F)cc2)NN1)N1CC(c2nc(-c3cnccn3)no2)C1. The molecule has 9 nitrogen and oxygen atoms in total. The van der Waals surface area contributed by atoms with Crippen LogP contribution in [0.3, 0.4) is 0 Å². The molecule has 5 rings (SSSR count). The van der Waals surface area contributed by atoms with Gasteiger partial charge in [0, 0.05) is 31.5 Å². The third-order valence-electron chi connectivity index (χ3n) is 5.25. The van der Waals surface area contributed by atoms with E-state index in [4.69, 9.17) is 4.52 Å². The number of rotatable bonds is 4. The number of amides is 1. The minimum atomic E-state index is -0.330. The number of aromatic nitrogens is 4. The summed E-state index contributed by atoms with van der Waals surface area (Å²) in [5, 5.41) is 3.95. The summed E-state index contributed by atoms with van der Waals surface area (Å²) in [7, 11) is 0. The maximum Gasteiger partial charge on any atom is 0.241 e. The highest BCUT2D eigenvalue weighted by molar-refractivity contribution is 5.83. The van der Waals surface area contributed by atoms with Crippen molar-refractivity contribution in [2.24, 2.45) is 0 Å². The van der Waals surface area contributed by atoms with Crippen LogP contribution in [-0.4, -0.2) is 50.0 Å². The lowest BCUT2D eigenvalue weighted by Crippen LogP contribution is -2.54. The van der Waals surface area contributed by atoms with Crippen molar-refractivity contribution in [3.63, 3.8) is 0 Å². The van der Waals surface area contributed by atoms with Crippen molar-refractivity contribution in [1.82, 2.24) is 35.9 Å². The largest absolute Gasteiger partial charge is 0.340 e. The van der Waals surface area contributed by atoms with Crippen molar-refractivity contribution in [3.05, 3.63) is 60.1 Å². The fourth-order valence-electron chi connectivity index (χ4n) is 3.59. The third-order valence-corrected chi connectivity index (χ3v) is 5.25. The van der Waals surface area contributed by atoms with Gasteiger partial charge in [0.25, 0.3) is 0 Å². The second-order valence-corrected chi connectivity index (χ2v) is 7.17. The Balaban J connectivity index is 1.17. The smallest absolute Gasteiger partial charge is 0.241 e. The predicted octanol–water partition coefficient (Wildman–Crippen LogP) is 1.20. The second-order valence-electron chi connectivity index (χ2n) is 7.17. The summed E-state index contributed by atoms with van der Waals surface area (Å²) in [5.74, 6) is 0.645. The Hall–Kier alpha value is -3.24. The van der Waals surface area contributed by atoms with Crippen LogP contribution in [0.5, 0.6) is 0 Å². The van der Waals surface area contributed by atoms with Gasteiger partial charge in [-0.1, -0.05) is 17.3 Å². The molecule has 10 heteroatoms. The van der Waals surface area contributed by atoms with Gasteiger partial charge in [-0.3, -0.25) is 9.78 Å². The van der Waals surface area contributed by atoms with Crippen LogP contribution in [0, 0.1) is 5.82 Å². The van der Waals surface area contributed by atoms with Gasteiger partial charge in [0.15, 0.2) is 0 Å². The zero-order valence-corrected chi connectivity index (χ0v) is 15.3. The van der Waals surface area contributed by atoms with Gasteiger partial charge in [-0.05, 0) is 24.1 Å². The van der Waals surface area contributed by atoms with E-state index in [0.29, 0.717) is 36.9 Å². The number of benzene rings is 1. The van der Waals surface area contributed by atoms with Crippen molar-refractivity contribution in [2.75, 3.05) is 13.1 Å². The molecule has 2 N–H and O–H groups in total. The van der Waals surface area contributed by atoms with E-state index < -0.39 is 0 Å². The van der Waals surface area contributed by atoms with Crippen LogP contribution >= 0.6 is 0 Å². The van der Waals surface area contributed by atoms with Gasteiger partial charge in [0.2, 0.25) is 17.6 Å². The van der Waals surface area contributed by atoms with Crippen LogP contribution in [0.4, 0.5) is 4.39 Å². The highest BCUT2D eigenvalue weighted by Crippen LogP contribution is 2.30. The Bertz CT molecular complexity index is 1000. The van der Waals surface area contributed by atoms with Gasteiger partial charge in [0.05, 0.1) is 12.1 Å². The molecular formula is C19H18FN7O2. The Kier molecular flexibility index (Phi) is 4.49. The molecule has 4 heterocycles. The molecule has 0 radical (unpaired) electrons. The lowest BCUT2D eigenvalue weighted by atomic mass is 9.96. The van der Waals surface area contributed by atoms with E-state index in [2.05, 4.69) is 31.0 Å². The summed E-state index contributed by atoms with van der Waals surface area (Å²) >= 11 is 0. The van der Waals surface area contributed by atoms with E-state index >= 15 is 0 Å². The van der Waals surface area contributed by atoms with Crippen molar-refractivity contribution >= 4 is 5.91 Å². The number of hydrogen-bond acceptors (Lipinski definition) is 8. The number of hydrogen-bond donors (Lipinski definition) is 2. The van der Waals surface area contributed by atoms with Crippen molar-refractivity contribution in [3.8, 4) is 11.5 Å². The molecule has 3 aromatic rings. The quantitative estimate of drug-likeness (QED) is 0.678. The molecule has 2 aromatic heterocycles. The van der Waals surface area contributed by atoms with E-state index in [1.54, 1.807) is 35.6 Å². The minimum absolute atomic E-state index is 0.0131. The molecule has 2 aliphatic rings. The Labute approximate surface area is 165 Å². The summed E-state index contributed by atoms with van der Waals surface area (Å²) in [6.45, 7) is 1.06. The fourth-order valence-corrected chi connectivity index (χ4v) is 3.59. The minimum Gasteiger partial charge on any atom is -0.340 e. The standard InChI is InChI=1S/C19H18FN7O2/c20-13-3-1-11(2-4-13)14-7-15(25-24-14)19(28)27-9-12(10-27)18-23-17(26-29-18)16-8-21-5-6-22-16/h1-6,8,12,14-15,24-25H,7,9-10H2. The molecule has 2 saturated heterocycles. The van der Waals surface area contributed by atoms with Gasteiger partial charge in [-0.25, -0.2) is 20.2 Å². The summed E-state index contributed by atoms with van der Waals surface area (Å²) in [5.41, 5.74) is 7.65. The molecule has 1 amide bonds. The van der Waals surface area contributed by atoms with Gasteiger partial charge >= 0.3 is 0 Å². The molecular weight excluding hydrogens is 377 g/mol. The van der Waals surface area contributed by atoms with Crippen molar-refractivity contribution < 1.29 is 13.7 Å². The van der Waals surface area contributed by atoms with E-state index in [1.807, 2.05) is 0 Å². The van der Waals surface area contributed by atoms with Crippen molar-refractivity contribution in [1.29, 1.82) is 0 Å². The molecule has 2 atom stereocenters. The summed E-state index contributed by atoms with van der Waals surface area (Å²) in [4.78, 5) is 27.0. The van der Waals surface area contributed by atoms with Crippen LogP contribution in [0.15, 0.2) is 47.4 Å². The van der Waals surface area contributed by atoms with E-state index in [-0.39, 0.29) is 29.7 Å². The lowest BCUT2D eigenvalue weighted by Gasteiger charge is -2.38. The maximum absolute atomic E-state index is 13.1. The monoisotopic (exact) mass is 395 g/mol. The van der Waals surface area contributed by atoms with Crippen LogP contribution < -0.4 is 10.9 Å². The van der Waals surface area contributed by atoms with Gasteiger partial charge in [-0.15, -0.1) is 0 Å². The average molecular weight is 395 g/mol. The molecule has 0 spiro atoms.